The second-order valence-corrected chi connectivity index (χ2v) is 7.23. The van der Waals surface area contributed by atoms with E-state index in [1.807, 2.05) is 0 Å². The Balaban J connectivity index is 2.95. The maximum Gasteiger partial charge on any atom is 0.123 e. The van der Waals surface area contributed by atoms with Crippen LogP contribution in [-0.2, 0) is 5.41 Å². The van der Waals surface area contributed by atoms with E-state index in [1.54, 1.807) is 12.1 Å². The Morgan fingerprint density at radius 1 is 1.20 bits per heavy atom. The van der Waals surface area contributed by atoms with Crippen LogP contribution in [0.25, 0.3) is 0 Å². The lowest BCUT2D eigenvalue weighted by Gasteiger charge is -2.20. The molecule has 0 radical (unpaired) electrons. The van der Waals surface area contributed by atoms with Gasteiger partial charge in [-0.2, -0.15) is 0 Å². The summed E-state index contributed by atoms with van der Waals surface area (Å²) >= 11 is 0. The van der Waals surface area contributed by atoms with Crippen LogP contribution in [0, 0.1) is 5.82 Å². The molecule has 0 N–H and O–H groups in total. The number of halogens is 1. The van der Waals surface area contributed by atoms with E-state index in [1.165, 1.54) is 17.7 Å². The summed E-state index contributed by atoms with van der Waals surface area (Å²) in [7, 11) is -0.252. The molecule has 0 nitrogen and oxygen atoms in total. The molecule has 1 rings (SSSR count). The molecule has 15 heavy (non-hydrogen) atoms. The second-order valence-electron chi connectivity index (χ2n) is 5.20. The molecule has 84 valence electrons. The fourth-order valence-electron chi connectivity index (χ4n) is 1.61. The molecule has 0 aliphatic carbocycles. The van der Waals surface area contributed by atoms with Gasteiger partial charge in [0.15, 0.2) is 0 Å². The molecule has 0 unspecified atom stereocenters. The van der Waals surface area contributed by atoms with E-state index in [4.69, 9.17) is 0 Å². The van der Waals surface area contributed by atoms with Crippen LogP contribution in [0.5, 0.6) is 0 Å². The van der Waals surface area contributed by atoms with Crippen LogP contribution >= 0.6 is 0 Å². The van der Waals surface area contributed by atoms with Crippen LogP contribution in [0.4, 0.5) is 4.39 Å². The SMILES string of the molecule is CCC[SiH2]c1cc(F)cc(C(C)(C)C)c1. The Morgan fingerprint density at radius 2 is 1.87 bits per heavy atom. The van der Waals surface area contributed by atoms with Gasteiger partial charge in [0.25, 0.3) is 0 Å². The molecule has 0 amide bonds. The van der Waals surface area contributed by atoms with Crippen molar-refractivity contribution in [1.82, 2.24) is 0 Å². The highest BCUT2D eigenvalue weighted by Crippen LogP contribution is 2.21. The van der Waals surface area contributed by atoms with Gasteiger partial charge in [-0.1, -0.05) is 51.4 Å². The van der Waals surface area contributed by atoms with Crippen LogP contribution in [-0.4, -0.2) is 9.52 Å². The van der Waals surface area contributed by atoms with E-state index < -0.39 is 0 Å². The van der Waals surface area contributed by atoms with E-state index in [9.17, 15) is 4.39 Å². The lowest BCUT2D eigenvalue weighted by atomic mass is 9.87. The Hall–Kier alpha value is -0.633. The van der Waals surface area contributed by atoms with Crippen molar-refractivity contribution in [3.05, 3.63) is 29.6 Å². The first-order valence-electron chi connectivity index (χ1n) is 5.73. The second kappa shape index (κ2) is 4.93. The topological polar surface area (TPSA) is 0 Å². The molecule has 0 spiro atoms. The third kappa shape index (κ3) is 3.78. The van der Waals surface area contributed by atoms with Crippen molar-refractivity contribution < 1.29 is 4.39 Å². The predicted molar refractivity (Wildman–Crippen MR) is 68.4 cm³/mol. The zero-order chi connectivity index (χ0) is 11.5. The zero-order valence-corrected chi connectivity index (χ0v) is 11.6. The molecule has 0 fully saturated rings. The minimum absolute atomic E-state index is 0.0530. The van der Waals surface area contributed by atoms with Gasteiger partial charge in [0.05, 0.1) is 9.52 Å². The van der Waals surface area contributed by atoms with Gasteiger partial charge in [0.2, 0.25) is 0 Å². The number of hydrogen-bond donors (Lipinski definition) is 0. The van der Waals surface area contributed by atoms with Gasteiger partial charge in [0.1, 0.15) is 5.82 Å². The Labute approximate surface area is 94.7 Å². The highest BCUT2D eigenvalue weighted by Gasteiger charge is 2.15. The third-order valence-electron chi connectivity index (χ3n) is 2.64. The summed E-state index contributed by atoms with van der Waals surface area (Å²) in [5.74, 6) is -0.0685. The largest absolute Gasteiger partial charge is 0.207 e. The average Bonchev–Trinajstić information content (AvgIpc) is 2.12. The van der Waals surface area contributed by atoms with Crippen molar-refractivity contribution in [1.29, 1.82) is 0 Å². The Morgan fingerprint density at radius 3 is 2.40 bits per heavy atom. The first-order chi connectivity index (χ1) is 6.93. The van der Waals surface area contributed by atoms with Crippen molar-refractivity contribution >= 4 is 14.7 Å². The first kappa shape index (κ1) is 12.4. The standard InChI is InChI=1S/C13H21FSi/c1-5-6-15-12-8-10(13(2,3)4)7-11(14)9-12/h7-9H,5-6,15H2,1-4H3. The molecule has 0 aliphatic heterocycles. The molecule has 1 aromatic carbocycles. The van der Waals surface area contributed by atoms with Crippen molar-refractivity contribution in [2.75, 3.05) is 0 Å². The molecular weight excluding hydrogens is 203 g/mol. The minimum atomic E-state index is -0.252. The molecule has 0 atom stereocenters. The zero-order valence-electron chi connectivity index (χ0n) is 10.2. The molecule has 0 heterocycles. The summed E-state index contributed by atoms with van der Waals surface area (Å²) < 4.78 is 13.4. The molecule has 0 aliphatic rings. The van der Waals surface area contributed by atoms with Crippen molar-refractivity contribution in [3.63, 3.8) is 0 Å². The molecule has 0 bridgehead atoms. The fraction of sp³-hybridized carbons (Fsp3) is 0.538. The van der Waals surface area contributed by atoms with E-state index in [0.717, 1.165) is 5.56 Å². The van der Waals surface area contributed by atoms with Crippen LogP contribution < -0.4 is 5.19 Å². The lowest BCUT2D eigenvalue weighted by molar-refractivity contribution is 0.573. The van der Waals surface area contributed by atoms with Gasteiger partial charge in [-0.25, -0.2) is 4.39 Å². The van der Waals surface area contributed by atoms with Gasteiger partial charge >= 0.3 is 0 Å². The van der Waals surface area contributed by atoms with Gasteiger partial charge in [-0.3, -0.25) is 0 Å². The first-order valence-corrected chi connectivity index (χ1v) is 7.44. The van der Waals surface area contributed by atoms with Gasteiger partial charge in [-0.05, 0) is 23.1 Å². The van der Waals surface area contributed by atoms with Crippen LogP contribution in [0.3, 0.4) is 0 Å². The highest BCUT2D eigenvalue weighted by molar-refractivity contribution is 6.53. The fourth-order valence-corrected chi connectivity index (χ4v) is 3.07. The van der Waals surface area contributed by atoms with Crippen LogP contribution in [0.2, 0.25) is 6.04 Å². The third-order valence-corrected chi connectivity index (χ3v) is 4.69. The van der Waals surface area contributed by atoms with Crippen LogP contribution in [0.15, 0.2) is 18.2 Å². The van der Waals surface area contributed by atoms with Gasteiger partial charge < -0.3 is 0 Å². The molecule has 2 heteroatoms. The maximum absolute atomic E-state index is 13.4. The summed E-state index contributed by atoms with van der Waals surface area (Å²) in [5, 5.41) is 1.27. The van der Waals surface area contributed by atoms with Crippen molar-refractivity contribution in [2.45, 2.75) is 45.6 Å². The summed E-state index contributed by atoms with van der Waals surface area (Å²) in [6, 6.07) is 6.86. The van der Waals surface area contributed by atoms with Gasteiger partial charge in [-0.15, -0.1) is 0 Å². The molecular formula is C13H21FSi. The molecule has 1 aromatic rings. The van der Waals surface area contributed by atoms with E-state index in [-0.39, 0.29) is 20.8 Å². The smallest absolute Gasteiger partial charge is 0.123 e. The normalized spacial score (nSPS) is 12.6. The Bertz CT molecular complexity index is 326. The van der Waals surface area contributed by atoms with E-state index >= 15 is 0 Å². The van der Waals surface area contributed by atoms with Crippen molar-refractivity contribution in [3.8, 4) is 0 Å². The Kier molecular flexibility index (Phi) is 4.09. The lowest BCUT2D eigenvalue weighted by Crippen LogP contribution is -2.20. The summed E-state index contributed by atoms with van der Waals surface area (Å²) in [5.41, 5.74) is 1.18. The number of benzene rings is 1. The molecule has 0 saturated heterocycles. The van der Waals surface area contributed by atoms with Crippen LogP contribution in [0.1, 0.15) is 39.7 Å². The summed E-state index contributed by atoms with van der Waals surface area (Å²) in [4.78, 5) is 0. The number of hydrogen-bond acceptors (Lipinski definition) is 0. The van der Waals surface area contributed by atoms with Crippen molar-refractivity contribution in [2.24, 2.45) is 0 Å². The average molecular weight is 224 g/mol. The summed E-state index contributed by atoms with van der Waals surface area (Å²) in [6.45, 7) is 8.59. The molecule has 0 saturated carbocycles. The maximum atomic E-state index is 13.4. The monoisotopic (exact) mass is 224 g/mol. The predicted octanol–water partition coefficient (Wildman–Crippen LogP) is 2.75. The van der Waals surface area contributed by atoms with Gasteiger partial charge in [0, 0.05) is 0 Å². The number of rotatable bonds is 3. The highest BCUT2D eigenvalue weighted by atomic mass is 28.2. The quantitative estimate of drug-likeness (QED) is 0.693. The minimum Gasteiger partial charge on any atom is -0.207 e. The summed E-state index contributed by atoms with van der Waals surface area (Å²) in [6.07, 6.45) is 1.22. The van der Waals surface area contributed by atoms with E-state index in [0.29, 0.717) is 0 Å². The molecule has 0 aromatic heterocycles. The van der Waals surface area contributed by atoms with E-state index in [2.05, 4.69) is 33.8 Å².